The third-order valence-electron chi connectivity index (χ3n) is 3.15. The van der Waals surface area contributed by atoms with Crippen LogP contribution >= 0.6 is 0 Å². The molecular formula is C16H15N. The van der Waals surface area contributed by atoms with Crippen LogP contribution in [0, 0.1) is 13.8 Å². The Bertz CT molecular complexity index is 663. The summed E-state index contributed by atoms with van der Waals surface area (Å²) in [6.07, 6.45) is 2.21. The monoisotopic (exact) mass is 221 g/mol. The molecule has 1 nitrogen and oxygen atoms in total. The topological polar surface area (TPSA) is 4.41 Å². The Morgan fingerprint density at radius 3 is 2.35 bits per heavy atom. The number of rotatable bonds is 1. The van der Waals surface area contributed by atoms with Gasteiger partial charge in [0.25, 0.3) is 0 Å². The van der Waals surface area contributed by atoms with Crippen LogP contribution in [-0.2, 0) is 0 Å². The van der Waals surface area contributed by atoms with E-state index in [4.69, 9.17) is 0 Å². The van der Waals surface area contributed by atoms with Crippen molar-refractivity contribution in [2.24, 2.45) is 0 Å². The van der Waals surface area contributed by atoms with Crippen molar-refractivity contribution in [2.75, 3.05) is 0 Å². The van der Waals surface area contributed by atoms with Gasteiger partial charge in [0.15, 0.2) is 0 Å². The van der Waals surface area contributed by atoms with E-state index in [0.717, 1.165) is 0 Å². The normalized spacial score (nSPS) is 10.9. The highest BCUT2D eigenvalue weighted by molar-refractivity contribution is 5.70. The Morgan fingerprint density at radius 1 is 0.824 bits per heavy atom. The molecule has 0 spiro atoms. The number of benzene rings is 1. The minimum absolute atomic E-state index is 1.27. The number of fused-ring (bicyclic) bond motifs is 1. The zero-order chi connectivity index (χ0) is 11.8. The second kappa shape index (κ2) is 3.77. The van der Waals surface area contributed by atoms with Crippen LogP contribution in [0.2, 0.25) is 0 Å². The Balaban J connectivity index is 2.24. The van der Waals surface area contributed by atoms with Gasteiger partial charge in [-0.25, -0.2) is 0 Å². The highest BCUT2D eigenvalue weighted by Crippen LogP contribution is 2.24. The fraction of sp³-hybridized carbons (Fsp3) is 0.125. The fourth-order valence-corrected chi connectivity index (χ4v) is 2.36. The quantitative estimate of drug-likeness (QED) is 0.579. The lowest BCUT2D eigenvalue weighted by atomic mass is 10.1. The number of pyridine rings is 1. The van der Waals surface area contributed by atoms with Crippen LogP contribution < -0.4 is 0 Å². The predicted octanol–water partition coefficient (Wildman–Crippen LogP) is 4.22. The SMILES string of the molecule is Cc1cc(C)n2cc(-c3ccccc3)cc2c1. The predicted molar refractivity (Wildman–Crippen MR) is 72.3 cm³/mol. The molecule has 0 aliphatic rings. The molecule has 2 heterocycles. The lowest BCUT2D eigenvalue weighted by Crippen LogP contribution is -1.89. The lowest BCUT2D eigenvalue weighted by Gasteiger charge is -2.01. The Hall–Kier alpha value is -2.02. The molecule has 0 atom stereocenters. The minimum Gasteiger partial charge on any atom is -0.321 e. The third kappa shape index (κ3) is 1.74. The number of aromatic nitrogens is 1. The van der Waals surface area contributed by atoms with Gasteiger partial charge >= 0.3 is 0 Å². The van der Waals surface area contributed by atoms with Crippen LogP contribution in [0.4, 0.5) is 0 Å². The smallest absolute Gasteiger partial charge is 0.0461 e. The van der Waals surface area contributed by atoms with Gasteiger partial charge in [0.1, 0.15) is 0 Å². The maximum absolute atomic E-state index is 2.25. The van der Waals surface area contributed by atoms with E-state index in [1.807, 2.05) is 0 Å². The van der Waals surface area contributed by atoms with Gasteiger partial charge in [0.2, 0.25) is 0 Å². The second-order valence-electron chi connectivity index (χ2n) is 4.56. The molecule has 0 fully saturated rings. The van der Waals surface area contributed by atoms with Crippen molar-refractivity contribution in [3.63, 3.8) is 0 Å². The number of hydrogen-bond acceptors (Lipinski definition) is 0. The van der Waals surface area contributed by atoms with Gasteiger partial charge in [-0.05, 0) is 43.2 Å². The summed E-state index contributed by atoms with van der Waals surface area (Å²) in [4.78, 5) is 0. The van der Waals surface area contributed by atoms with Crippen molar-refractivity contribution in [1.82, 2.24) is 4.40 Å². The first-order valence-electron chi connectivity index (χ1n) is 5.89. The van der Waals surface area contributed by atoms with Gasteiger partial charge in [-0.1, -0.05) is 30.3 Å². The van der Waals surface area contributed by atoms with Crippen molar-refractivity contribution >= 4 is 5.52 Å². The van der Waals surface area contributed by atoms with Crippen molar-refractivity contribution < 1.29 is 0 Å². The molecule has 0 amide bonds. The van der Waals surface area contributed by atoms with Gasteiger partial charge in [-0.3, -0.25) is 0 Å². The van der Waals surface area contributed by atoms with Gasteiger partial charge in [-0.2, -0.15) is 0 Å². The van der Waals surface area contributed by atoms with Crippen LogP contribution in [0.15, 0.2) is 54.7 Å². The molecule has 0 unspecified atom stereocenters. The van der Waals surface area contributed by atoms with Crippen LogP contribution in [0.3, 0.4) is 0 Å². The highest BCUT2D eigenvalue weighted by atomic mass is 14.9. The lowest BCUT2D eigenvalue weighted by molar-refractivity contribution is 1.09. The van der Waals surface area contributed by atoms with Crippen molar-refractivity contribution in [1.29, 1.82) is 0 Å². The first kappa shape index (κ1) is 10.2. The van der Waals surface area contributed by atoms with Crippen LogP contribution in [0.5, 0.6) is 0 Å². The molecule has 0 bridgehead atoms. The first-order valence-corrected chi connectivity index (χ1v) is 5.89. The molecule has 1 aromatic carbocycles. The summed E-state index contributed by atoms with van der Waals surface area (Å²) in [5, 5.41) is 0. The van der Waals surface area contributed by atoms with E-state index in [0.29, 0.717) is 0 Å². The maximum Gasteiger partial charge on any atom is 0.0461 e. The minimum atomic E-state index is 1.27. The molecule has 17 heavy (non-hydrogen) atoms. The number of aryl methyl sites for hydroxylation is 2. The summed E-state index contributed by atoms with van der Waals surface area (Å²) < 4.78 is 2.25. The van der Waals surface area contributed by atoms with E-state index in [2.05, 4.69) is 73.0 Å². The Labute approximate surface area is 101 Å². The highest BCUT2D eigenvalue weighted by Gasteiger charge is 2.03. The number of hydrogen-bond donors (Lipinski definition) is 0. The average Bonchev–Trinajstić information content (AvgIpc) is 2.74. The van der Waals surface area contributed by atoms with E-state index < -0.39 is 0 Å². The van der Waals surface area contributed by atoms with Gasteiger partial charge < -0.3 is 4.40 Å². The molecule has 0 aliphatic heterocycles. The molecule has 2 aromatic heterocycles. The van der Waals surface area contributed by atoms with Crippen LogP contribution in [-0.4, -0.2) is 4.40 Å². The molecule has 0 radical (unpaired) electrons. The van der Waals surface area contributed by atoms with Crippen LogP contribution in [0.25, 0.3) is 16.6 Å². The van der Waals surface area contributed by atoms with E-state index in [9.17, 15) is 0 Å². The summed E-state index contributed by atoms with van der Waals surface area (Å²) in [6, 6.07) is 17.2. The molecule has 0 N–H and O–H groups in total. The Kier molecular flexibility index (Phi) is 2.25. The largest absolute Gasteiger partial charge is 0.321 e. The van der Waals surface area contributed by atoms with Crippen LogP contribution in [0.1, 0.15) is 11.3 Å². The molecule has 3 aromatic rings. The molecule has 1 heteroatoms. The zero-order valence-electron chi connectivity index (χ0n) is 10.1. The molecule has 0 saturated heterocycles. The van der Waals surface area contributed by atoms with Gasteiger partial charge in [0.05, 0.1) is 0 Å². The summed E-state index contributed by atoms with van der Waals surface area (Å²) in [6.45, 7) is 4.29. The summed E-state index contributed by atoms with van der Waals surface area (Å²) >= 11 is 0. The Morgan fingerprint density at radius 2 is 1.59 bits per heavy atom. The zero-order valence-corrected chi connectivity index (χ0v) is 10.1. The van der Waals surface area contributed by atoms with Crippen molar-refractivity contribution in [2.45, 2.75) is 13.8 Å². The second-order valence-corrected chi connectivity index (χ2v) is 4.56. The molecule has 84 valence electrons. The van der Waals surface area contributed by atoms with E-state index in [1.54, 1.807) is 0 Å². The molecular weight excluding hydrogens is 206 g/mol. The van der Waals surface area contributed by atoms with E-state index >= 15 is 0 Å². The summed E-state index contributed by atoms with van der Waals surface area (Å²) in [5.41, 5.74) is 6.41. The first-order chi connectivity index (χ1) is 8.24. The van der Waals surface area contributed by atoms with E-state index in [-0.39, 0.29) is 0 Å². The van der Waals surface area contributed by atoms with Crippen molar-refractivity contribution in [3.8, 4) is 11.1 Å². The van der Waals surface area contributed by atoms with Gasteiger partial charge in [-0.15, -0.1) is 0 Å². The molecule has 0 aliphatic carbocycles. The molecule has 3 rings (SSSR count). The summed E-state index contributed by atoms with van der Waals surface area (Å²) in [5.74, 6) is 0. The average molecular weight is 221 g/mol. The number of nitrogens with zero attached hydrogens (tertiary/aromatic N) is 1. The van der Waals surface area contributed by atoms with Gasteiger partial charge in [0, 0.05) is 23.0 Å². The molecule has 0 saturated carbocycles. The maximum atomic E-state index is 2.25. The fourth-order valence-electron chi connectivity index (χ4n) is 2.36. The van der Waals surface area contributed by atoms with Crippen molar-refractivity contribution in [3.05, 3.63) is 66.0 Å². The van der Waals surface area contributed by atoms with E-state index in [1.165, 1.54) is 27.9 Å². The standard InChI is InChI=1S/C16H15N/c1-12-8-13(2)17-11-15(10-16(17)9-12)14-6-4-3-5-7-14/h3-11H,1-2H3. The third-order valence-corrected chi connectivity index (χ3v) is 3.15. The summed E-state index contributed by atoms with van der Waals surface area (Å²) in [7, 11) is 0.